The number of hydrogen-bond donors (Lipinski definition) is 2. The van der Waals surface area contributed by atoms with E-state index in [1.54, 1.807) is 0 Å². The maximum Gasteiger partial charge on any atom is 0.326 e. The van der Waals surface area contributed by atoms with Crippen LogP contribution in [0.4, 0.5) is 8.78 Å². The van der Waals surface area contributed by atoms with Gasteiger partial charge in [-0.25, -0.2) is 4.79 Å². The number of carboxylic acids is 1. The number of benzene rings is 1. The number of carbonyl (C=O) groups excluding carboxylic acids is 1. The van der Waals surface area contributed by atoms with Crippen molar-refractivity contribution in [3.63, 3.8) is 0 Å². The van der Waals surface area contributed by atoms with Gasteiger partial charge in [-0.15, -0.1) is 0 Å². The molecule has 0 heterocycles. The number of thioether (sulfide) groups is 1. The molecule has 0 saturated carbocycles. The molecule has 0 aliphatic rings. The van der Waals surface area contributed by atoms with Gasteiger partial charge in [-0.05, 0) is 24.3 Å². The number of carbonyl (C=O) groups is 2. The number of ether oxygens (including phenoxy) is 1. The Morgan fingerprint density at radius 1 is 1.33 bits per heavy atom. The molecule has 1 aromatic rings. The van der Waals surface area contributed by atoms with Gasteiger partial charge >= 0.3 is 5.97 Å². The van der Waals surface area contributed by atoms with Crippen molar-refractivity contribution < 1.29 is 28.2 Å². The monoisotopic (exact) mass is 319 g/mol. The lowest BCUT2D eigenvalue weighted by molar-refractivity contribution is -0.139. The normalized spacial score (nSPS) is 12.2. The van der Waals surface area contributed by atoms with E-state index in [1.807, 2.05) is 0 Å². The molecule has 1 amide bonds. The summed E-state index contributed by atoms with van der Waals surface area (Å²) in [6.45, 7) is 0.196. The Morgan fingerprint density at radius 3 is 2.43 bits per heavy atom. The van der Waals surface area contributed by atoms with Gasteiger partial charge in [-0.2, -0.15) is 8.78 Å². The first-order valence-electron chi connectivity index (χ1n) is 6.01. The number of methoxy groups -OCH3 is 1. The fourth-order valence-corrected chi connectivity index (χ4v) is 2.02. The van der Waals surface area contributed by atoms with Crippen molar-refractivity contribution in [2.75, 3.05) is 13.7 Å². The summed E-state index contributed by atoms with van der Waals surface area (Å²) < 4.78 is 29.1. The number of aliphatic carboxylic acids is 1. The van der Waals surface area contributed by atoms with E-state index >= 15 is 0 Å². The Labute approximate surface area is 124 Å². The third-order valence-corrected chi connectivity index (χ3v) is 3.28. The Bertz CT molecular complexity index is 482. The Kier molecular flexibility index (Phi) is 7.10. The zero-order valence-corrected chi connectivity index (χ0v) is 12.0. The summed E-state index contributed by atoms with van der Waals surface area (Å²) in [5, 5.41) is 11.3. The minimum absolute atomic E-state index is 0.136. The van der Waals surface area contributed by atoms with Crippen molar-refractivity contribution in [3.8, 4) is 0 Å². The van der Waals surface area contributed by atoms with E-state index in [9.17, 15) is 18.4 Å². The fourth-order valence-electron chi connectivity index (χ4n) is 1.52. The second-order valence-corrected chi connectivity index (χ2v) is 5.11. The van der Waals surface area contributed by atoms with E-state index in [0.29, 0.717) is 16.7 Å². The zero-order chi connectivity index (χ0) is 15.8. The highest BCUT2D eigenvalue weighted by Crippen LogP contribution is 2.25. The quantitative estimate of drug-likeness (QED) is 0.719. The molecule has 2 N–H and O–H groups in total. The van der Waals surface area contributed by atoms with Crippen LogP contribution in [0.3, 0.4) is 0 Å². The van der Waals surface area contributed by atoms with E-state index in [0.717, 1.165) is 0 Å². The van der Waals surface area contributed by atoms with Crippen molar-refractivity contribution >= 4 is 23.6 Å². The molecule has 1 rings (SSSR count). The largest absolute Gasteiger partial charge is 0.480 e. The number of rotatable bonds is 8. The van der Waals surface area contributed by atoms with Crippen LogP contribution < -0.4 is 5.32 Å². The number of amides is 1. The van der Waals surface area contributed by atoms with E-state index in [4.69, 9.17) is 9.84 Å². The summed E-state index contributed by atoms with van der Waals surface area (Å²) in [5.74, 6) is -4.27. The third-order valence-electron chi connectivity index (χ3n) is 2.56. The first kappa shape index (κ1) is 17.4. The first-order valence-corrected chi connectivity index (χ1v) is 6.89. The maximum atomic E-state index is 12.2. The molecular weight excluding hydrogens is 304 g/mol. The van der Waals surface area contributed by atoms with Gasteiger partial charge in [0.1, 0.15) is 6.04 Å². The predicted molar refractivity (Wildman–Crippen MR) is 73.7 cm³/mol. The van der Waals surface area contributed by atoms with Crippen molar-refractivity contribution in [3.05, 3.63) is 29.8 Å². The van der Waals surface area contributed by atoms with E-state index in [1.165, 1.54) is 31.4 Å². The highest BCUT2D eigenvalue weighted by Gasteiger charge is 2.20. The molecule has 0 aliphatic heterocycles. The van der Waals surface area contributed by atoms with Crippen LogP contribution in [0.2, 0.25) is 0 Å². The zero-order valence-electron chi connectivity index (χ0n) is 11.2. The lowest BCUT2D eigenvalue weighted by atomic mass is 10.1. The number of alkyl halides is 2. The lowest BCUT2D eigenvalue weighted by Gasteiger charge is -2.14. The number of hydrogen-bond acceptors (Lipinski definition) is 4. The molecule has 0 spiro atoms. The van der Waals surface area contributed by atoms with Crippen LogP contribution in [0.15, 0.2) is 29.2 Å². The Balaban J connectivity index is 2.67. The number of nitrogens with one attached hydrogen (secondary N) is 1. The van der Waals surface area contributed by atoms with Gasteiger partial charge in [0, 0.05) is 30.6 Å². The molecule has 8 heteroatoms. The van der Waals surface area contributed by atoms with Crippen molar-refractivity contribution in [2.45, 2.75) is 23.1 Å². The summed E-state index contributed by atoms with van der Waals surface area (Å²) in [7, 11) is 1.43. The number of halogens is 2. The molecule has 0 bridgehead atoms. The van der Waals surface area contributed by atoms with Crippen molar-refractivity contribution in [1.29, 1.82) is 0 Å². The molecule has 0 radical (unpaired) electrons. The highest BCUT2D eigenvalue weighted by atomic mass is 32.2. The first-order chi connectivity index (χ1) is 9.93. The van der Waals surface area contributed by atoms with Gasteiger partial charge in [0.25, 0.3) is 11.7 Å². The van der Waals surface area contributed by atoms with Gasteiger partial charge in [0.2, 0.25) is 0 Å². The van der Waals surface area contributed by atoms with Crippen LogP contribution in [-0.2, 0) is 9.53 Å². The Morgan fingerprint density at radius 2 is 1.95 bits per heavy atom. The number of carboxylic acid groups (broad SMARTS) is 1. The smallest absolute Gasteiger partial charge is 0.326 e. The van der Waals surface area contributed by atoms with Gasteiger partial charge < -0.3 is 15.2 Å². The van der Waals surface area contributed by atoms with Crippen molar-refractivity contribution in [1.82, 2.24) is 5.32 Å². The van der Waals surface area contributed by atoms with E-state index in [2.05, 4.69) is 5.32 Å². The standard InChI is InChI=1S/C13H15F2NO4S/c1-20-7-6-10(12(18)19)16-11(17)8-2-4-9(5-3-8)21-13(14)15/h2-5,10,13H,6-7H2,1H3,(H,16,17)(H,18,19). The molecule has 116 valence electrons. The SMILES string of the molecule is COCCC(NC(=O)c1ccc(SC(F)F)cc1)C(=O)O. The molecule has 0 aliphatic carbocycles. The summed E-state index contributed by atoms with van der Waals surface area (Å²) in [4.78, 5) is 23.2. The minimum Gasteiger partial charge on any atom is -0.480 e. The molecule has 5 nitrogen and oxygen atoms in total. The average molecular weight is 319 g/mol. The Hall–Kier alpha value is -1.67. The van der Waals surface area contributed by atoms with Gasteiger partial charge in [0.05, 0.1) is 0 Å². The van der Waals surface area contributed by atoms with Gasteiger partial charge in [0.15, 0.2) is 0 Å². The molecule has 0 fully saturated rings. The molecule has 21 heavy (non-hydrogen) atoms. The second-order valence-electron chi connectivity index (χ2n) is 4.05. The van der Waals surface area contributed by atoms with Crippen LogP contribution in [0, 0.1) is 0 Å². The highest BCUT2D eigenvalue weighted by molar-refractivity contribution is 7.99. The van der Waals surface area contributed by atoms with Crippen LogP contribution in [0.1, 0.15) is 16.8 Å². The van der Waals surface area contributed by atoms with Crippen LogP contribution in [-0.4, -0.2) is 42.5 Å². The van der Waals surface area contributed by atoms with E-state index in [-0.39, 0.29) is 18.6 Å². The third kappa shape index (κ3) is 6.09. The average Bonchev–Trinajstić information content (AvgIpc) is 2.43. The topological polar surface area (TPSA) is 75.6 Å². The summed E-state index contributed by atoms with van der Waals surface area (Å²) >= 11 is 0.373. The van der Waals surface area contributed by atoms with Crippen molar-refractivity contribution in [2.24, 2.45) is 0 Å². The summed E-state index contributed by atoms with van der Waals surface area (Å²) in [5.41, 5.74) is 0.206. The summed E-state index contributed by atoms with van der Waals surface area (Å²) in [6, 6.07) is 4.45. The molecule has 0 aromatic heterocycles. The lowest BCUT2D eigenvalue weighted by Crippen LogP contribution is -2.41. The van der Waals surface area contributed by atoms with Crippen LogP contribution >= 0.6 is 11.8 Å². The van der Waals surface area contributed by atoms with Crippen LogP contribution in [0.5, 0.6) is 0 Å². The summed E-state index contributed by atoms with van der Waals surface area (Å²) in [6.07, 6.45) is 0.136. The molecule has 1 aromatic carbocycles. The fraction of sp³-hybridized carbons (Fsp3) is 0.385. The second kappa shape index (κ2) is 8.58. The van der Waals surface area contributed by atoms with Gasteiger partial charge in [-0.3, -0.25) is 4.79 Å². The maximum absolute atomic E-state index is 12.2. The predicted octanol–water partition coefficient (Wildman–Crippen LogP) is 2.22. The molecule has 1 atom stereocenters. The molecule has 0 saturated heterocycles. The van der Waals surface area contributed by atoms with E-state index < -0.39 is 23.7 Å². The minimum atomic E-state index is -2.53. The molecule has 1 unspecified atom stereocenters. The van der Waals surface area contributed by atoms with Crippen LogP contribution in [0.25, 0.3) is 0 Å². The molecular formula is C13H15F2NO4S. The van der Waals surface area contributed by atoms with Gasteiger partial charge in [-0.1, -0.05) is 11.8 Å².